The fourth-order valence-electron chi connectivity index (χ4n) is 2.66. The standard InChI is InChI=1S/C19H20F3N3O3/c1-11-5-7-14(8-6-11)16(26)25-18(17(27)28-4,19(20,21)22)24-15-10-12(2)9-13(3)23-15/h5-10H,1-4H3,(H,23,24)(H,25,26)/p+1/t18-/m1/s1. The van der Waals surface area contributed by atoms with Gasteiger partial charge in [0, 0.05) is 11.6 Å². The molecule has 0 unspecified atom stereocenters. The molecule has 1 aromatic carbocycles. The monoisotopic (exact) mass is 396 g/mol. The summed E-state index contributed by atoms with van der Waals surface area (Å²) >= 11 is 0. The summed E-state index contributed by atoms with van der Waals surface area (Å²) in [6.45, 7) is 5.11. The topological polar surface area (TPSA) is 81.6 Å². The van der Waals surface area contributed by atoms with E-state index in [0.717, 1.165) is 12.7 Å². The Morgan fingerprint density at radius 3 is 2.11 bits per heavy atom. The molecule has 2 rings (SSSR count). The second kappa shape index (κ2) is 7.87. The van der Waals surface area contributed by atoms with Crippen molar-refractivity contribution in [1.82, 2.24) is 5.32 Å². The molecule has 0 spiro atoms. The van der Waals surface area contributed by atoms with Crippen molar-refractivity contribution >= 4 is 17.7 Å². The molecule has 0 bridgehead atoms. The first kappa shape index (κ1) is 21.2. The Labute approximate surface area is 160 Å². The van der Waals surface area contributed by atoms with Crippen LogP contribution in [0.1, 0.15) is 27.2 Å². The molecule has 1 amide bonds. The van der Waals surface area contributed by atoms with Gasteiger partial charge in [0.2, 0.25) is 0 Å². The molecule has 0 aliphatic rings. The molecule has 9 heteroatoms. The van der Waals surface area contributed by atoms with Crippen LogP contribution in [-0.2, 0) is 9.53 Å². The van der Waals surface area contributed by atoms with E-state index in [4.69, 9.17) is 0 Å². The van der Waals surface area contributed by atoms with E-state index >= 15 is 0 Å². The Morgan fingerprint density at radius 2 is 1.61 bits per heavy atom. The third kappa shape index (κ3) is 4.41. The third-order valence-electron chi connectivity index (χ3n) is 4.00. The highest BCUT2D eigenvalue weighted by molar-refractivity contribution is 5.99. The number of alkyl halides is 3. The smallest absolute Gasteiger partial charge is 0.464 e. The van der Waals surface area contributed by atoms with Crippen molar-refractivity contribution in [2.45, 2.75) is 32.6 Å². The highest BCUT2D eigenvalue weighted by Crippen LogP contribution is 2.32. The van der Waals surface area contributed by atoms with Crippen molar-refractivity contribution < 1.29 is 32.5 Å². The lowest BCUT2D eigenvalue weighted by Crippen LogP contribution is -2.69. The molecule has 0 radical (unpaired) electrons. The molecule has 1 aromatic heterocycles. The normalized spacial score (nSPS) is 13.4. The maximum atomic E-state index is 14.0. The number of hydrogen-bond donors (Lipinski definition) is 2. The van der Waals surface area contributed by atoms with Crippen molar-refractivity contribution in [1.29, 1.82) is 0 Å². The average Bonchev–Trinajstić information content (AvgIpc) is 2.59. The molecule has 0 fully saturated rings. The largest absolute Gasteiger partial charge is 0.464 e. The summed E-state index contributed by atoms with van der Waals surface area (Å²) in [6.07, 6.45) is -5.20. The van der Waals surface area contributed by atoms with Crippen LogP contribution in [-0.4, -0.2) is 30.8 Å². The number of nitrogens with one attached hydrogen (secondary N) is 3. The first-order valence-corrected chi connectivity index (χ1v) is 8.31. The number of benzene rings is 1. The van der Waals surface area contributed by atoms with Gasteiger partial charge in [0.05, 0.1) is 12.8 Å². The summed E-state index contributed by atoms with van der Waals surface area (Å²) in [5.74, 6) is -2.89. The van der Waals surface area contributed by atoms with Gasteiger partial charge in [-0.2, -0.15) is 13.2 Å². The number of halogens is 3. The van der Waals surface area contributed by atoms with E-state index in [-0.39, 0.29) is 11.4 Å². The third-order valence-corrected chi connectivity index (χ3v) is 4.00. The number of esters is 1. The number of ether oxygens (including phenoxy) is 1. The highest BCUT2D eigenvalue weighted by Gasteiger charge is 2.67. The van der Waals surface area contributed by atoms with Crippen LogP contribution >= 0.6 is 0 Å². The Hall–Kier alpha value is -3.10. The molecule has 0 aliphatic heterocycles. The fourth-order valence-corrected chi connectivity index (χ4v) is 2.66. The molecular weight excluding hydrogens is 375 g/mol. The summed E-state index contributed by atoms with van der Waals surface area (Å²) < 4.78 is 46.5. The van der Waals surface area contributed by atoms with Gasteiger partial charge in [-0.3, -0.25) is 10.1 Å². The predicted octanol–water partition coefficient (Wildman–Crippen LogP) is 2.70. The lowest BCUT2D eigenvalue weighted by Gasteiger charge is -2.30. The Balaban J connectivity index is 2.52. The van der Waals surface area contributed by atoms with Crippen LogP contribution in [0.5, 0.6) is 0 Å². The number of anilines is 1. The van der Waals surface area contributed by atoms with Gasteiger partial charge in [-0.05, 0) is 44.5 Å². The molecule has 0 saturated heterocycles. The number of amides is 1. The second-order valence-electron chi connectivity index (χ2n) is 6.44. The van der Waals surface area contributed by atoms with Crippen LogP contribution in [0.3, 0.4) is 0 Å². The Morgan fingerprint density at radius 1 is 1.00 bits per heavy atom. The predicted molar refractivity (Wildman–Crippen MR) is 95.5 cm³/mol. The van der Waals surface area contributed by atoms with E-state index in [0.29, 0.717) is 11.3 Å². The number of aromatic amines is 1. The number of methoxy groups -OCH3 is 1. The number of carbonyl (C=O) groups excluding carboxylic acids is 2. The zero-order chi connectivity index (χ0) is 21.1. The minimum Gasteiger partial charge on any atom is -0.464 e. The van der Waals surface area contributed by atoms with Gasteiger partial charge in [-0.25, -0.2) is 15.1 Å². The number of aromatic nitrogens is 1. The van der Waals surface area contributed by atoms with Gasteiger partial charge >= 0.3 is 17.8 Å². The number of rotatable bonds is 5. The van der Waals surface area contributed by atoms with E-state index in [1.54, 1.807) is 44.3 Å². The van der Waals surface area contributed by atoms with Crippen LogP contribution in [0.4, 0.5) is 19.0 Å². The first-order valence-electron chi connectivity index (χ1n) is 8.31. The van der Waals surface area contributed by atoms with Crippen molar-refractivity contribution in [3.05, 3.63) is 58.8 Å². The summed E-state index contributed by atoms with van der Waals surface area (Å²) in [7, 11) is 0.813. The summed E-state index contributed by atoms with van der Waals surface area (Å²) in [5.41, 5.74) is -1.47. The van der Waals surface area contributed by atoms with Crippen molar-refractivity contribution in [2.24, 2.45) is 0 Å². The number of carbonyl (C=O) groups is 2. The van der Waals surface area contributed by atoms with Gasteiger partial charge in [0.25, 0.3) is 11.7 Å². The minimum absolute atomic E-state index is 0.0330. The number of H-pyrrole nitrogens is 1. The molecule has 2 aromatic rings. The molecule has 150 valence electrons. The van der Waals surface area contributed by atoms with Gasteiger partial charge in [-0.1, -0.05) is 17.7 Å². The summed E-state index contributed by atoms with van der Waals surface area (Å²) in [4.78, 5) is 27.4. The zero-order valence-electron chi connectivity index (χ0n) is 15.8. The van der Waals surface area contributed by atoms with E-state index in [1.807, 2.05) is 0 Å². The summed E-state index contributed by atoms with van der Waals surface area (Å²) in [6, 6.07) is 8.98. The highest BCUT2D eigenvalue weighted by atomic mass is 19.4. The van der Waals surface area contributed by atoms with E-state index < -0.39 is 23.7 Å². The molecule has 1 heterocycles. The van der Waals surface area contributed by atoms with Crippen LogP contribution in [0.25, 0.3) is 0 Å². The minimum atomic E-state index is -5.20. The van der Waals surface area contributed by atoms with Crippen molar-refractivity contribution in [3.63, 3.8) is 0 Å². The number of hydrogen-bond acceptors (Lipinski definition) is 4. The molecule has 28 heavy (non-hydrogen) atoms. The van der Waals surface area contributed by atoms with Crippen LogP contribution in [0.15, 0.2) is 36.4 Å². The van der Waals surface area contributed by atoms with E-state index in [2.05, 4.69) is 15.0 Å². The Kier molecular flexibility index (Phi) is 5.96. The van der Waals surface area contributed by atoms with Crippen LogP contribution < -0.4 is 15.6 Å². The van der Waals surface area contributed by atoms with Gasteiger partial charge in [0.1, 0.15) is 0 Å². The van der Waals surface area contributed by atoms with Gasteiger partial charge < -0.3 is 4.74 Å². The maximum absolute atomic E-state index is 14.0. The van der Waals surface area contributed by atoms with Crippen LogP contribution in [0, 0.1) is 20.8 Å². The molecule has 6 nitrogen and oxygen atoms in total. The van der Waals surface area contributed by atoms with Gasteiger partial charge in [0.15, 0.2) is 0 Å². The van der Waals surface area contributed by atoms with E-state index in [9.17, 15) is 22.8 Å². The molecule has 0 saturated carbocycles. The van der Waals surface area contributed by atoms with Crippen molar-refractivity contribution in [2.75, 3.05) is 12.4 Å². The van der Waals surface area contributed by atoms with Gasteiger partial charge in [-0.15, -0.1) is 0 Å². The number of aryl methyl sites for hydroxylation is 3. The SMILES string of the molecule is COC(=O)[C@](NC(=O)c1ccc(C)cc1)(Nc1cc(C)cc(C)[nH+]1)C(F)(F)F. The Bertz CT molecular complexity index is 862. The molecule has 3 N–H and O–H groups in total. The first-order chi connectivity index (χ1) is 13.0. The lowest BCUT2D eigenvalue weighted by molar-refractivity contribution is -0.372. The fraction of sp³-hybridized carbons (Fsp3) is 0.316. The lowest BCUT2D eigenvalue weighted by atomic mass is 10.1. The number of pyridine rings is 1. The summed E-state index contributed by atoms with van der Waals surface area (Å²) in [5, 5.41) is 3.86. The van der Waals surface area contributed by atoms with E-state index in [1.165, 1.54) is 18.2 Å². The molecular formula is C19H21F3N3O3+. The quantitative estimate of drug-likeness (QED) is 0.602. The maximum Gasteiger partial charge on any atom is 0.464 e. The molecule has 1 atom stereocenters. The van der Waals surface area contributed by atoms with Crippen molar-refractivity contribution in [3.8, 4) is 0 Å². The second-order valence-corrected chi connectivity index (χ2v) is 6.44. The van der Waals surface area contributed by atoms with Crippen LogP contribution in [0.2, 0.25) is 0 Å². The molecule has 0 aliphatic carbocycles. The average molecular weight is 396 g/mol. The zero-order valence-corrected chi connectivity index (χ0v) is 15.8.